The Bertz CT molecular complexity index is 675. The van der Waals surface area contributed by atoms with Crippen molar-refractivity contribution in [3.8, 4) is 0 Å². The summed E-state index contributed by atoms with van der Waals surface area (Å²) in [5.41, 5.74) is -0.115. The number of aliphatic imine (C=N–C) groups is 1. The van der Waals surface area contributed by atoms with Crippen LogP contribution in [0.15, 0.2) is 77.9 Å². The van der Waals surface area contributed by atoms with Crippen molar-refractivity contribution in [2.45, 2.75) is 11.8 Å². The minimum Gasteiger partial charge on any atom is -0.359 e. The predicted octanol–water partition coefficient (Wildman–Crippen LogP) is 1.60. The molecule has 115 valence electrons. The van der Waals surface area contributed by atoms with Crippen LogP contribution in [0, 0.1) is 0 Å². The SMILES string of the molecule is O=C(NC(c1ccccc1)c1ccccc1)C1(O)C=CN[C]=N1. The fraction of sp³-hybridized carbons (Fsp3) is 0.111. The first kappa shape index (κ1) is 15.0. The van der Waals surface area contributed by atoms with Gasteiger partial charge in [0, 0.05) is 6.20 Å². The highest BCUT2D eigenvalue weighted by Crippen LogP contribution is 2.23. The van der Waals surface area contributed by atoms with Crippen molar-refractivity contribution in [3.63, 3.8) is 0 Å². The van der Waals surface area contributed by atoms with Crippen LogP contribution in [0.2, 0.25) is 0 Å². The summed E-state index contributed by atoms with van der Waals surface area (Å²) < 4.78 is 0. The highest BCUT2D eigenvalue weighted by atomic mass is 16.3. The number of amides is 1. The second-order valence-electron chi connectivity index (χ2n) is 5.16. The van der Waals surface area contributed by atoms with Crippen LogP contribution in [0.4, 0.5) is 0 Å². The summed E-state index contributed by atoms with van der Waals surface area (Å²) in [5.74, 6) is -0.611. The summed E-state index contributed by atoms with van der Waals surface area (Å²) in [5, 5.41) is 15.7. The third-order valence-corrected chi connectivity index (χ3v) is 3.57. The van der Waals surface area contributed by atoms with E-state index in [1.54, 1.807) is 0 Å². The Balaban J connectivity index is 1.91. The molecule has 0 saturated carbocycles. The van der Waals surface area contributed by atoms with Crippen LogP contribution in [0.5, 0.6) is 0 Å². The van der Waals surface area contributed by atoms with Crippen molar-refractivity contribution in [2.24, 2.45) is 4.99 Å². The highest BCUT2D eigenvalue weighted by Gasteiger charge is 2.35. The Morgan fingerprint density at radius 1 is 1.09 bits per heavy atom. The number of benzene rings is 2. The van der Waals surface area contributed by atoms with Gasteiger partial charge in [0.25, 0.3) is 11.6 Å². The van der Waals surface area contributed by atoms with Crippen molar-refractivity contribution in [1.29, 1.82) is 0 Å². The monoisotopic (exact) mass is 306 g/mol. The molecule has 1 unspecified atom stereocenters. The molecular formula is C18H16N3O2. The first-order valence-corrected chi connectivity index (χ1v) is 7.22. The Morgan fingerprint density at radius 3 is 2.13 bits per heavy atom. The molecule has 0 aliphatic carbocycles. The third kappa shape index (κ3) is 3.30. The molecule has 1 amide bonds. The van der Waals surface area contributed by atoms with Gasteiger partial charge in [0.15, 0.2) is 6.34 Å². The molecule has 0 spiro atoms. The molecule has 0 aromatic heterocycles. The van der Waals surface area contributed by atoms with E-state index in [-0.39, 0.29) is 6.04 Å². The van der Waals surface area contributed by atoms with Gasteiger partial charge < -0.3 is 15.7 Å². The van der Waals surface area contributed by atoms with Crippen LogP contribution >= 0.6 is 0 Å². The van der Waals surface area contributed by atoms with Crippen LogP contribution in [0.3, 0.4) is 0 Å². The molecule has 1 atom stereocenters. The summed E-state index contributed by atoms with van der Waals surface area (Å²) in [6, 6.07) is 18.8. The van der Waals surface area contributed by atoms with Gasteiger partial charge in [-0.05, 0) is 17.2 Å². The quantitative estimate of drug-likeness (QED) is 0.803. The average molecular weight is 306 g/mol. The molecule has 5 heteroatoms. The molecule has 1 heterocycles. The van der Waals surface area contributed by atoms with Crippen LogP contribution in [-0.4, -0.2) is 23.1 Å². The second-order valence-corrected chi connectivity index (χ2v) is 5.16. The summed E-state index contributed by atoms with van der Waals surface area (Å²) in [6.07, 6.45) is 5.09. The number of nitrogens with one attached hydrogen (secondary N) is 2. The number of hydrogen-bond donors (Lipinski definition) is 3. The van der Waals surface area contributed by atoms with Crippen molar-refractivity contribution in [1.82, 2.24) is 10.6 Å². The van der Waals surface area contributed by atoms with Gasteiger partial charge in [0.1, 0.15) is 0 Å². The lowest BCUT2D eigenvalue weighted by Gasteiger charge is -2.25. The molecule has 23 heavy (non-hydrogen) atoms. The Morgan fingerprint density at radius 2 is 1.65 bits per heavy atom. The van der Waals surface area contributed by atoms with Crippen LogP contribution in [0.25, 0.3) is 0 Å². The highest BCUT2D eigenvalue weighted by molar-refractivity contribution is 5.89. The lowest BCUT2D eigenvalue weighted by Crippen LogP contribution is -2.47. The summed E-state index contributed by atoms with van der Waals surface area (Å²) >= 11 is 0. The molecule has 0 saturated heterocycles. The van der Waals surface area contributed by atoms with Gasteiger partial charge in [-0.3, -0.25) is 4.79 Å². The zero-order valence-electron chi connectivity index (χ0n) is 12.3. The van der Waals surface area contributed by atoms with E-state index < -0.39 is 11.6 Å². The normalized spacial score (nSPS) is 19.4. The number of hydrogen-bond acceptors (Lipinski definition) is 4. The average Bonchev–Trinajstić information content (AvgIpc) is 2.61. The first-order chi connectivity index (χ1) is 11.2. The van der Waals surface area contributed by atoms with Gasteiger partial charge in [-0.1, -0.05) is 60.7 Å². The Labute approximate surface area is 134 Å². The van der Waals surface area contributed by atoms with E-state index >= 15 is 0 Å². The van der Waals surface area contributed by atoms with E-state index in [4.69, 9.17) is 0 Å². The molecule has 0 bridgehead atoms. The maximum atomic E-state index is 12.5. The molecule has 1 aliphatic heterocycles. The van der Waals surface area contributed by atoms with Crippen molar-refractivity contribution in [2.75, 3.05) is 0 Å². The van der Waals surface area contributed by atoms with E-state index in [1.165, 1.54) is 12.3 Å². The maximum absolute atomic E-state index is 12.5. The standard InChI is InChI=1S/C18H16N3O2/c22-17(18(23)11-12-19-13-20-18)21-16(14-7-3-1-4-8-14)15-9-5-2-6-10-15/h1-12,16,23H,(H,19,20)(H,21,22). The molecule has 3 N–H and O–H groups in total. The zero-order chi connectivity index (χ0) is 16.1. The third-order valence-electron chi connectivity index (χ3n) is 3.57. The van der Waals surface area contributed by atoms with Gasteiger partial charge >= 0.3 is 0 Å². The van der Waals surface area contributed by atoms with E-state index in [1.807, 2.05) is 60.7 Å². The van der Waals surface area contributed by atoms with Crippen LogP contribution in [-0.2, 0) is 4.79 Å². The van der Waals surface area contributed by atoms with E-state index in [0.717, 1.165) is 11.1 Å². The molecule has 1 aliphatic rings. The minimum atomic E-state index is -1.95. The molecular weight excluding hydrogens is 290 g/mol. The molecule has 5 nitrogen and oxygen atoms in total. The number of carbonyl (C=O) groups is 1. The topological polar surface area (TPSA) is 73.7 Å². The number of nitrogens with zero attached hydrogens (tertiary/aromatic N) is 1. The van der Waals surface area contributed by atoms with Crippen LogP contribution in [0.1, 0.15) is 17.2 Å². The summed E-state index contributed by atoms with van der Waals surface area (Å²) in [4.78, 5) is 16.2. The molecule has 2 aromatic carbocycles. The summed E-state index contributed by atoms with van der Waals surface area (Å²) in [6.45, 7) is 0. The first-order valence-electron chi connectivity index (χ1n) is 7.22. The van der Waals surface area contributed by atoms with E-state index in [2.05, 4.69) is 22.0 Å². The smallest absolute Gasteiger partial charge is 0.280 e. The summed E-state index contributed by atoms with van der Waals surface area (Å²) in [7, 11) is 0. The number of rotatable bonds is 4. The van der Waals surface area contributed by atoms with Gasteiger partial charge in [-0.25, -0.2) is 4.99 Å². The van der Waals surface area contributed by atoms with Gasteiger partial charge in [-0.2, -0.15) is 0 Å². The number of aliphatic hydroxyl groups is 1. The molecule has 1 radical (unpaired) electrons. The number of carbonyl (C=O) groups excluding carboxylic acids is 1. The van der Waals surface area contributed by atoms with Gasteiger partial charge in [0.05, 0.1) is 6.04 Å². The Kier molecular flexibility index (Phi) is 4.21. The largest absolute Gasteiger partial charge is 0.359 e. The van der Waals surface area contributed by atoms with Gasteiger partial charge in [-0.15, -0.1) is 0 Å². The molecule has 3 rings (SSSR count). The lowest BCUT2D eigenvalue weighted by atomic mass is 9.98. The zero-order valence-corrected chi connectivity index (χ0v) is 12.3. The maximum Gasteiger partial charge on any atom is 0.280 e. The Hall–Kier alpha value is -2.92. The van der Waals surface area contributed by atoms with E-state index in [9.17, 15) is 9.90 Å². The van der Waals surface area contributed by atoms with Crippen LogP contribution < -0.4 is 10.6 Å². The molecule has 0 fully saturated rings. The van der Waals surface area contributed by atoms with Crippen molar-refractivity contribution < 1.29 is 9.90 Å². The lowest BCUT2D eigenvalue weighted by molar-refractivity contribution is -0.135. The fourth-order valence-electron chi connectivity index (χ4n) is 2.36. The molecule has 2 aromatic rings. The minimum absolute atomic E-state index is 0.382. The van der Waals surface area contributed by atoms with Crippen molar-refractivity contribution >= 4 is 12.2 Å². The van der Waals surface area contributed by atoms with E-state index in [0.29, 0.717) is 0 Å². The van der Waals surface area contributed by atoms with Crippen molar-refractivity contribution in [3.05, 3.63) is 84.1 Å². The van der Waals surface area contributed by atoms with Gasteiger partial charge in [0.2, 0.25) is 0 Å². The second kappa shape index (κ2) is 6.46. The fourth-order valence-corrected chi connectivity index (χ4v) is 2.36. The predicted molar refractivity (Wildman–Crippen MR) is 87.5 cm³/mol.